The first-order chi connectivity index (χ1) is 10.1. The molecule has 0 aliphatic rings. The van der Waals surface area contributed by atoms with E-state index in [0.717, 1.165) is 5.56 Å². The molecule has 2 aromatic carbocycles. The number of carbonyl (C=O) groups is 1. The summed E-state index contributed by atoms with van der Waals surface area (Å²) in [6.45, 7) is 2.65. The lowest BCUT2D eigenvalue weighted by Crippen LogP contribution is -2.27. The molecule has 0 unspecified atom stereocenters. The molecule has 21 heavy (non-hydrogen) atoms. The minimum Gasteiger partial charge on any atom is -0.457 e. The van der Waals surface area contributed by atoms with E-state index in [-0.39, 0.29) is 5.91 Å². The first kappa shape index (κ1) is 15.4. The third-order valence-electron chi connectivity index (χ3n) is 3.26. The monoisotopic (exact) mass is 303 g/mol. The van der Waals surface area contributed by atoms with Crippen LogP contribution in [0, 0.1) is 0 Å². The summed E-state index contributed by atoms with van der Waals surface area (Å²) in [6.07, 6.45) is 0.327. The van der Waals surface area contributed by atoms with Crippen molar-refractivity contribution >= 4 is 17.5 Å². The van der Waals surface area contributed by atoms with Crippen molar-refractivity contribution in [3.63, 3.8) is 0 Å². The van der Waals surface area contributed by atoms with Crippen molar-refractivity contribution in [3.8, 4) is 11.5 Å². The highest BCUT2D eigenvalue weighted by molar-refractivity contribution is 6.30. The van der Waals surface area contributed by atoms with Gasteiger partial charge in [-0.2, -0.15) is 0 Å². The Kier molecular flexibility index (Phi) is 5.23. The molecule has 0 aromatic heterocycles. The SMILES string of the molecule is CCN(C)C(=O)Cc1ccccc1Oc1ccc(Cl)cc1. The Morgan fingerprint density at radius 3 is 2.48 bits per heavy atom. The molecule has 2 aromatic rings. The van der Waals surface area contributed by atoms with Gasteiger partial charge in [0.1, 0.15) is 11.5 Å². The van der Waals surface area contributed by atoms with Gasteiger partial charge in [0.2, 0.25) is 5.91 Å². The van der Waals surface area contributed by atoms with Crippen molar-refractivity contribution in [1.29, 1.82) is 0 Å². The maximum absolute atomic E-state index is 12.0. The first-order valence-electron chi connectivity index (χ1n) is 6.85. The number of halogens is 1. The predicted molar refractivity (Wildman–Crippen MR) is 85.0 cm³/mol. The molecule has 110 valence electrons. The predicted octanol–water partition coefficient (Wildman–Crippen LogP) is 4.15. The van der Waals surface area contributed by atoms with Crippen molar-refractivity contribution in [2.45, 2.75) is 13.3 Å². The lowest BCUT2D eigenvalue weighted by molar-refractivity contribution is -0.129. The summed E-state index contributed by atoms with van der Waals surface area (Å²) in [5, 5.41) is 0.662. The molecule has 0 radical (unpaired) electrons. The van der Waals surface area contributed by atoms with Crippen LogP contribution in [0.4, 0.5) is 0 Å². The summed E-state index contributed by atoms with van der Waals surface area (Å²) < 4.78 is 5.85. The summed E-state index contributed by atoms with van der Waals surface area (Å²) in [5.41, 5.74) is 0.873. The smallest absolute Gasteiger partial charge is 0.226 e. The van der Waals surface area contributed by atoms with Crippen LogP contribution in [-0.2, 0) is 11.2 Å². The van der Waals surface area contributed by atoms with Gasteiger partial charge in [-0.25, -0.2) is 0 Å². The average molecular weight is 304 g/mol. The van der Waals surface area contributed by atoms with Crippen molar-refractivity contribution < 1.29 is 9.53 Å². The summed E-state index contributed by atoms with van der Waals surface area (Å²) in [4.78, 5) is 13.7. The molecule has 0 aliphatic carbocycles. The lowest BCUT2D eigenvalue weighted by Gasteiger charge is -2.16. The standard InChI is InChI=1S/C17H18ClNO2/c1-3-19(2)17(20)12-13-6-4-5-7-16(13)21-15-10-8-14(18)9-11-15/h4-11H,3,12H2,1-2H3. The maximum Gasteiger partial charge on any atom is 0.226 e. The number of carbonyl (C=O) groups excluding carboxylic acids is 1. The number of amides is 1. The third-order valence-corrected chi connectivity index (χ3v) is 3.51. The molecule has 3 nitrogen and oxygen atoms in total. The summed E-state index contributed by atoms with van der Waals surface area (Å²) in [6, 6.07) is 14.7. The van der Waals surface area contributed by atoms with Crippen LogP contribution in [0.2, 0.25) is 5.02 Å². The van der Waals surface area contributed by atoms with Crippen molar-refractivity contribution in [1.82, 2.24) is 4.90 Å². The van der Waals surface area contributed by atoms with E-state index in [2.05, 4.69) is 0 Å². The molecular formula is C17H18ClNO2. The van der Waals surface area contributed by atoms with E-state index in [1.54, 1.807) is 36.2 Å². The Morgan fingerprint density at radius 2 is 1.81 bits per heavy atom. The highest BCUT2D eigenvalue weighted by Gasteiger charge is 2.12. The van der Waals surface area contributed by atoms with Crippen LogP contribution in [-0.4, -0.2) is 24.4 Å². The number of benzene rings is 2. The fraction of sp³-hybridized carbons (Fsp3) is 0.235. The number of likely N-dealkylation sites (N-methyl/N-ethyl adjacent to an activating group) is 1. The van der Waals surface area contributed by atoms with E-state index in [9.17, 15) is 4.79 Å². The van der Waals surface area contributed by atoms with Gasteiger partial charge in [0.05, 0.1) is 6.42 Å². The quantitative estimate of drug-likeness (QED) is 0.830. The first-order valence-corrected chi connectivity index (χ1v) is 7.23. The minimum absolute atomic E-state index is 0.0738. The highest BCUT2D eigenvalue weighted by atomic mass is 35.5. The molecule has 4 heteroatoms. The second kappa shape index (κ2) is 7.14. The third kappa shape index (κ3) is 4.23. The van der Waals surface area contributed by atoms with Crippen molar-refractivity contribution in [3.05, 3.63) is 59.1 Å². The summed E-state index contributed by atoms with van der Waals surface area (Å²) in [5.74, 6) is 1.46. The van der Waals surface area contributed by atoms with Crippen LogP contribution in [0.25, 0.3) is 0 Å². The molecule has 0 saturated heterocycles. The molecule has 2 rings (SSSR count). The van der Waals surface area contributed by atoms with Crippen LogP contribution in [0.3, 0.4) is 0 Å². The van der Waals surface area contributed by atoms with E-state index < -0.39 is 0 Å². The van der Waals surface area contributed by atoms with Gasteiger partial charge < -0.3 is 9.64 Å². The fourth-order valence-corrected chi connectivity index (χ4v) is 1.98. The van der Waals surface area contributed by atoms with Gasteiger partial charge in [-0.1, -0.05) is 29.8 Å². The second-order valence-corrected chi connectivity index (χ2v) is 5.18. The van der Waals surface area contributed by atoms with E-state index in [1.165, 1.54) is 0 Å². The largest absolute Gasteiger partial charge is 0.457 e. The Hall–Kier alpha value is -2.00. The Morgan fingerprint density at radius 1 is 1.14 bits per heavy atom. The zero-order valence-electron chi connectivity index (χ0n) is 12.2. The van der Waals surface area contributed by atoms with E-state index in [0.29, 0.717) is 29.5 Å². The van der Waals surface area contributed by atoms with Gasteiger partial charge >= 0.3 is 0 Å². The Balaban J connectivity index is 2.17. The number of rotatable bonds is 5. The molecular weight excluding hydrogens is 286 g/mol. The molecule has 1 amide bonds. The molecule has 0 saturated carbocycles. The average Bonchev–Trinajstić information content (AvgIpc) is 2.50. The van der Waals surface area contributed by atoms with E-state index >= 15 is 0 Å². The Labute approximate surface area is 130 Å². The van der Waals surface area contributed by atoms with Gasteiger partial charge in [-0.3, -0.25) is 4.79 Å². The molecule has 0 spiro atoms. The van der Waals surface area contributed by atoms with Crippen molar-refractivity contribution in [2.75, 3.05) is 13.6 Å². The zero-order valence-corrected chi connectivity index (χ0v) is 12.9. The summed E-state index contributed by atoms with van der Waals surface area (Å²) >= 11 is 5.86. The van der Waals surface area contributed by atoms with Crippen LogP contribution in [0.5, 0.6) is 11.5 Å². The van der Waals surface area contributed by atoms with Crippen LogP contribution >= 0.6 is 11.6 Å². The normalized spacial score (nSPS) is 10.2. The summed E-state index contributed by atoms with van der Waals surface area (Å²) in [7, 11) is 1.80. The van der Waals surface area contributed by atoms with E-state index in [1.807, 2.05) is 31.2 Å². The highest BCUT2D eigenvalue weighted by Crippen LogP contribution is 2.26. The molecule has 0 aliphatic heterocycles. The van der Waals surface area contributed by atoms with Gasteiger partial charge in [-0.05, 0) is 37.3 Å². The van der Waals surface area contributed by atoms with Gasteiger partial charge in [-0.15, -0.1) is 0 Å². The number of nitrogens with zero attached hydrogens (tertiary/aromatic N) is 1. The van der Waals surface area contributed by atoms with E-state index in [4.69, 9.17) is 16.3 Å². The molecule has 0 heterocycles. The van der Waals surface area contributed by atoms with Gasteiger partial charge in [0, 0.05) is 24.2 Å². The lowest BCUT2D eigenvalue weighted by atomic mass is 10.1. The number of ether oxygens (including phenoxy) is 1. The minimum atomic E-state index is 0.0738. The molecule has 0 bridgehead atoms. The molecule has 0 N–H and O–H groups in total. The second-order valence-electron chi connectivity index (χ2n) is 4.75. The fourth-order valence-electron chi connectivity index (χ4n) is 1.85. The van der Waals surface area contributed by atoms with Gasteiger partial charge in [0.25, 0.3) is 0 Å². The van der Waals surface area contributed by atoms with Crippen molar-refractivity contribution in [2.24, 2.45) is 0 Å². The Bertz CT molecular complexity index is 610. The molecule has 0 fully saturated rings. The van der Waals surface area contributed by atoms with Crippen LogP contribution in [0.15, 0.2) is 48.5 Å². The van der Waals surface area contributed by atoms with Gasteiger partial charge in [0.15, 0.2) is 0 Å². The number of hydrogen-bond acceptors (Lipinski definition) is 2. The number of hydrogen-bond donors (Lipinski definition) is 0. The molecule has 0 atom stereocenters. The van der Waals surface area contributed by atoms with Crippen LogP contribution < -0.4 is 4.74 Å². The maximum atomic E-state index is 12.0. The number of para-hydroxylation sites is 1. The zero-order chi connectivity index (χ0) is 15.2. The topological polar surface area (TPSA) is 29.5 Å². The van der Waals surface area contributed by atoms with Crippen LogP contribution in [0.1, 0.15) is 12.5 Å².